The van der Waals surface area contributed by atoms with Gasteiger partial charge in [0.15, 0.2) is 0 Å². The van der Waals surface area contributed by atoms with Crippen LogP contribution in [0.25, 0.3) is 0 Å². The minimum Gasteiger partial charge on any atom is -0.489 e. The molecule has 2 aliphatic rings. The molecule has 0 spiro atoms. The molecule has 3 heterocycles. The molecule has 1 aromatic heterocycles. The minimum atomic E-state index is -1.07. The molecule has 0 aliphatic carbocycles. The molecule has 0 radical (unpaired) electrons. The quantitative estimate of drug-likeness (QED) is 0.740. The van der Waals surface area contributed by atoms with E-state index in [0.717, 1.165) is 32.4 Å². The molecule has 4 rings (SSSR count). The van der Waals surface area contributed by atoms with E-state index in [4.69, 9.17) is 4.74 Å². The number of aromatic amines is 1. The number of nitriles is 1. The zero-order valence-electron chi connectivity index (χ0n) is 16.6. The second-order valence-corrected chi connectivity index (χ2v) is 7.41. The fourth-order valence-corrected chi connectivity index (χ4v) is 4.11. The molecule has 1 saturated heterocycles. The lowest BCUT2D eigenvalue weighted by Crippen LogP contribution is -2.40. The molecule has 2 aromatic rings. The van der Waals surface area contributed by atoms with Gasteiger partial charge in [-0.1, -0.05) is 30.9 Å². The number of H-pyrrole nitrogens is 1. The lowest BCUT2D eigenvalue weighted by Gasteiger charge is -2.31. The van der Waals surface area contributed by atoms with Crippen LogP contribution in [0.5, 0.6) is 5.75 Å². The second-order valence-electron chi connectivity index (χ2n) is 7.41. The number of hydrogen-bond acceptors (Lipinski definition) is 6. The molecule has 1 amide bonds. The number of carbonyl (C=O) groups excluding carboxylic acids is 1. The van der Waals surface area contributed by atoms with E-state index in [1.54, 1.807) is 30.3 Å². The summed E-state index contributed by atoms with van der Waals surface area (Å²) in [6.45, 7) is 5.53. The number of ether oxygens (including phenoxy) is 1. The third-order valence-corrected chi connectivity index (χ3v) is 5.52. The number of aromatic nitrogens is 2. The van der Waals surface area contributed by atoms with Crippen molar-refractivity contribution in [2.75, 3.05) is 29.9 Å². The van der Waals surface area contributed by atoms with E-state index in [-0.39, 0.29) is 23.5 Å². The van der Waals surface area contributed by atoms with Crippen molar-refractivity contribution in [3.05, 3.63) is 58.4 Å². The smallest absolute Gasteiger partial charge is 0.258 e. The maximum atomic E-state index is 13.2. The monoisotopic (exact) mass is 405 g/mol. The summed E-state index contributed by atoms with van der Waals surface area (Å²) in [5, 5.41) is 12.4. The average molecular weight is 405 g/mol. The van der Waals surface area contributed by atoms with Gasteiger partial charge in [0.1, 0.15) is 24.1 Å². The zero-order chi connectivity index (χ0) is 21.1. The van der Waals surface area contributed by atoms with E-state index in [0.29, 0.717) is 17.3 Å². The Bertz CT molecular complexity index is 1070. The predicted octanol–water partition coefficient (Wildman–Crippen LogP) is 2.55. The van der Waals surface area contributed by atoms with E-state index in [1.165, 1.54) is 0 Å². The fraction of sp³-hybridized carbons (Fsp3) is 0.364. The standard InChI is InChI=1S/C22H23N5O3/c1-2-12-30-16-9-5-4-8-14(16)17-15(13-23)20(28)24-19-18(17)21(29)26-22(25-19)27-10-6-3-7-11-27/h2,4-5,8-9,15,17H,1,3,6-7,10-12H2,(H2,24,25,26,28,29). The van der Waals surface area contributed by atoms with Gasteiger partial charge in [0.2, 0.25) is 11.9 Å². The summed E-state index contributed by atoms with van der Waals surface area (Å²) in [7, 11) is 0. The molecular weight excluding hydrogens is 382 g/mol. The fourth-order valence-electron chi connectivity index (χ4n) is 4.11. The van der Waals surface area contributed by atoms with Gasteiger partial charge in [-0.2, -0.15) is 10.2 Å². The van der Waals surface area contributed by atoms with Crippen molar-refractivity contribution in [3.63, 3.8) is 0 Å². The first kappa shape index (κ1) is 19.7. The third kappa shape index (κ3) is 3.54. The topological polar surface area (TPSA) is 111 Å². The number of fused-ring (bicyclic) bond motifs is 1. The van der Waals surface area contributed by atoms with Gasteiger partial charge in [-0.05, 0) is 25.3 Å². The Labute approximate surface area is 174 Å². The van der Waals surface area contributed by atoms with Crippen molar-refractivity contribution in [2.45, 2.75) is 25.2 Å². The molecule has 30 heavy (non-hydrogen) atoms. The normalized spacial score (nSPS) is 20.6. The van der Waals surface area contributed by atoms with Crippen molar-refractivity contribution in [1.82, 2.24) is 9.97 Å². The lowest BCUT2D eigenvalue weighted by atomic mass is 9.79. The summed E-state index contributed by atoms with van der Waals surface area (Å²) in [6.07, 6.45) is 4.82. The van der Waals surface area contributed by atoms with Gasteiger partial charge in [0.25, 0.3) is 5.56 Å². The van der Waals surface area contributed by atoms with Crippen molar-refractivity contribution >= 4 is 17.7 Å². The Hall–Kier alpha value is -3.60. The first-order valence-electron chi connectivity index (χ1n) is 10.1. The lowest BCUT2D eigenvalue weighted by molar-refractivity contribution is -0.119. The van der Waals surface area contributed by atoms with E-state index < -0.39 is 17.7 Å². The molecule has 2 N–H and O–H groups in total. The molecule has 154 valence electrons. The second kappa shape index (κ2) is 8.41. The Morgan fingerprint density at radius 2 is 2.03 bits per heavy atom. The number of benzene rings is 1. The van der Waals surface area contributed by atoms with Crippen LogP contribution in [0.1, 0.15) is 36.3 Å². The van der Waals surface area contributed by atoms with Gasteiger partial charge in [-0.25, -0.2) is 0 Å². The number of nitrogens with zero attached hydrogens (tertiary/aromatic N) is 3. The molecule has 2 aliphatic heterocycles. The number of para-hydroxylation sites is 1. The van der Waals surface area contributed by atoms with Crippen LogP contribution in [0, 0.1) is 17.2 Å². The Morgan fingerprint density at radius 1 is 1.27 bits per heavy atom. The molecular formula is C22H23N5O3. The Kier molecular flexibility index (Phi) is 5.53. The molecule has 0 bridgehead atoms. The minimum absolute atomic E-state index is 0.208. The maximum absolute atomic E-state index is 13.2. The highest BCUT2D eigenvalue weighted by molar-refractivity contribution is 5.98. The van der Waals surface area contributed by atoms with Crippen LogP contribution < -0.4 is 20.5 Å². The number of carbonyl (C=O) groups is 1. The van der Waals surface area contributed by atoms with Crippen molar-refractivity contribution in [3.8, 4) is 11.8 Å². The number of piperidine rings is 1. The number of anilines is 2. The van der Waals surface area contributed by atoms with Gasteiger partial charge in [-0.3, -0.25) is 14.6 Å². The van der Waals surface area contributed by atoms with Gasteiger partial charge >= 0.3 is 0 Å². The summed E-state index contributed by atoms with van der Waals surface area (Å²) >= 11 is 0. The summed E-state index contributed by atoms with van der Waals surface area (Å²) < 4.78 is 5.74. The molecule has 2 unspecified atom stereocenters. The largest absolute Gasteiger partial charge is 0.489 e. The molecule has 1 fully saturated rings. The molecule has 2 atom stereocenters. The highest BCUT2D eigenvalue weighted by Gasteiger charge is 2.41. The van der Waals surface area contributed by atoms with Gasteiger partial charge in [-0.15, -0.1) is 0 Å². The first-order valence-corrected chi connectivity index (χ1v) is 10.1. The van der Waals surface area contributed by atoms with Crippen LogP contribution in [-0.2, 0) is 4.79 Å². The number of nitrogens with one attached hydrogen (secondary N) is 2. The van der Waals surface area contributed by atoms with Gasteiger partial charge in [0.05, 0.1) is 11.6 Å². The summed E-state index contributed by atoms with van der Waals surface area (Å²) in [4.78, 5) is 35.3. The van der Waals surface area contributed by atoms with E-state index >= 15 is 0 Å². The highest BCUT2D eigenvalue weighted by atomic mass is 16.5. The Balaban J connectivity index is 1.84. The van der Waals surface area contributed by atoms with Crippen LogP contribution in [0.15, 0.2) is 41.7 Å². The summed E-state index contributed by atoms with van der Waals surface area (Å²) in [5.41, 5.74) is 0.515. The summed E-state index contributed by atoms with van der Waals surface area (Å²) in [6, 6.07) is 9.17. The highest BCUT2D eigenvalue weighted by Crippen LogP contribution is 2.41. The third-order valence-electron chi connectivity index (χ3n) is 5.52. The summed E-state index contributed by atoms with van der Waals surface area (Å²) in [5.74, 6) is -1.18. The number of amides is 1. The predicted molar refractivity (Wildman–Crippen MR) is 113 cm³/mol. The van der Waals surface area contributed by atoms with Crippen LogP contribution in [-0.4, -0.2) is 35.6 Å². The van der Waals surface area contributed by atoms with Crippen LogP contribution in [0.3, 0.4) is 0 Å². The van der Waals surface area contributed by atoms with Gasteiger partial charge < -0.3 is 15.0 Å². The van der Waals surface area contributed by atoms with E-state index in [1.807, 2.05) is 4.90 Å². The van der Waals surface area contributed by atoms with E-state index in [9.17, 15) is 14.9 Å². The van der Waals surface area contributed by atoms with Crippen LogP contribution in [0.4, 0.5) is 11.8 Å². The van der Waals surface area contributed by atoms with Crippen LogP contribution >= 0.6 is 0 Å². The zero-order valence-corrected chi connectivity index (χ0v) is 16.6. The maximum Gasteiger partial charge on any atom is 0.258 e. The van der Waals surface area contributed by atoms with Crippen molar-refractivity contribution < 1.29 is 9.53 Å². The number of hydrogen-bond donors (Lipinski definition) is 2. The molecule has 8 heteroatoms. The van der Waals surface area contributed by atoms with E-state index in [2.05, 4.69) is 27.9 Å². The molecule has 8 nitrogen and oxygen atoms in total. The van der Waals surface area contributed by atoms with Crippen molar-refractivity contribution in [2.24, 2.45) is 5.92 Å². The van der Waals surface area contributed by atoms with Crippen molar-refractivity contribution in [1.29, 1.82) is 5.26 Å². The molecule has 0 saturated carbocycles. The number of rotatable bonds is 5. The molecule has 1 aromatic carbocycles. The van der Waals surface area contributed by atoms with Gasteiger partial charge in [0, 0.05) is 24.6 Å². The SMILES string of the molecule is C=CCOc1ccccc1C1c2c(nc(N3CCCCC3)[nH]c2=O)NC(=O)C1C#N. The average Bonchev–Trinajstić information content (AvgIpc) is 2.77. The van der Waals surface area contributed by atoms with Crippen LogP contribution in [0.2, 0.25) is 0 Å². The Morgan fingerprint density at radius 3 is 2.77 bits per heavy atom. The first-order chi connectivity index (χ1) is 14.6.